The first-order valence-electron chi connectivity index (χ1n) is 8.35. The zero-order valence-corrected chi connectivity index (χ0v) is 17.4. The predicted molar refractivity (Wildman–Crippen MR) is 88.0 cm³/mol. The van der Waals surface area contributed by atoms with Crippen molar-refractivity contribution in [2.24, 2.45) is 0 Å². The van der Waals surface area contributed by atoms with Gasteiger partial charge < -0.3 is 23.7 Å². The molecular formula is C15H19F3O12S. The predicted octanol–water partition coefficient (Wildman–Crippen LogP) is -0.0643. The Kier molecular flexibility index (Phi) is 8.77. The molecule has 12 nitrogen and oxygen atoms in total. The molecule has 31 heavy (non-hydrogen) atoms. The standard InChI is InChI=1S/C15H19F3O12S/c1-6(19)25-5-10-11(26-7(2)20)12(27-8(3)21)13(14(29-10)28-9(4)22)30-31(23,24)15(16,17)18/h10-14H,5H2,1-4H3/t10?,11-,12?,13?,14+/m1/s1. The van der Waals surface area contributed by atoms with E-state index in [2.05, 4.69) is 8.92 Å². The van der Waals surface area contributed by atoms with Gasteiger partial charge in [0.15, 0.2) is 18.3 Å². The molecular weight excluding hydrogens is 461 g/mol. The van der Waals surface area contributed by atoms with E-state index in [9.17, 15) is 40.8 Å². The third-order valence-electron chi connectivity index (χ3n) is 3.45. The maximum Gasteiger partial charge on any atom is 0.523 e. The van der Waals surface area contributed by atoms with Crippen molar-refractivity contribution in [1.29, 1.82) is 0 Å². The number of carbonyl (C=O) groups excluding carboxylic acids is 4. The second-order valence-corrected chi connectivity index (χ2v) is 7.63. The highest BCUT2D eigenvalue weighted by molar-refractivity contribution is 7.87. The Morgan fingerprint density at radius 3 is 1.71 bits per heavy atom. The molecule has 16 heteroatoms. The van der Waals surface area contributed by atoms with Crippen LogP contribution in [0.5, 0.6) is 0 Å². The van der Waals surface area contributed by atoms with Crippen LogP contribution in [-0.4, -0.2) is 75.1 Å². The fraction of sp³-hybridized carbons (Fsp3) is 0.733. The van der Waals surface area contributed by atoms with Crippen molar-refractivity contribution >= 4 is 34.0 Å². The zero-order chi connectivity index (χ0) is 24.1. The average Bonchev–Trinajstić information content (AvgIpc) is 2.56. The van der Waals surface area contributed by atoms with Gasteiger partial charge >= 0.3 is 39.5 Å². The van der Waals surface area contributed by atoms with Gasteiger partial charge in [0.1, 0.15) is 12.7 Å². The second-order valence-electron chi connectivity index (χ2n) is 6.06. The molecule has 5 atom stereocenters. The molecule has 0 amide bonds. The molecule has 1 fully saturated rings. The van der Waals surface area contributed by atoms with E-state index in [-0.39, 0.29) is 0 Å². The largest absolute Gasteiger partial charge is 0.523 e. The summed E-state index contributed by atoms with van der Waals surface area (Å²) in [7, 11) is -6.32. The lowest BCUT2D eigenvalue weighted by Crippen LogP contribution is -2.63. The molecule has 178 valence electrons. The van der Waals surface area contributed by atoms with Crippen LogP contribution in [0, 0.1) is 0 Å². The van der Waals surface area contributed by atoms with E-state index in [1.807, 2.05) is 0 Å². The molecule has 0 N–H and O–H groups in total. The van der Waals surface area contributed by atoms with Gasteiger partial charge in [0.05, 0.1) is 0 Å². The molecule has 0 aromatic heterocycles. The molecule has 0 bridgehead atoms. The Bertz CT molecular complexity index is 809. The minimum absolute atomic E-state index is 0.693. The third kappa shape index (κ3) is 7.62. The molecule has 1 rings (SSSR count). The van der Waals surface area contributed by atoms with Gasteiger partial charge in [-0.15, -0.1) is 0 Å². The Balaban J connectivity index is 3.50. The lowest BCUT2D eigenvalue weighted by atomic mass is 9.98. The van der Waals surface area contributed by atoms with E-state index in [0.29, 0.717) is 0 Å². The Morgan fingerprint density at radius 2 is 1.29 bits per heavy atom. The lowest BCUT2D eigenvalue weighted by Gasteiger charge is -2.43. The topological polar surface area (TPSA) is 158 Å². The first kappa shape index (κ1) is 26.6. The van der Waals surface area contributed by atoms with Crippen molar-refractivity contribution in [1.82, 2.24) is 0 Å². The summed E-state index contributed by atoms with van der Waals surface area (Å²) in [5, 5.41) is 0. The van der Waals surface area contributed by atoms with Crippen molar-refractivity contribution in [3.8, 4) is 0 Å². The normalized spacial score (nSPS) is 26.5. The molecule has 0 aliphatic carbocycles. The number of hydrogen-bond donors (Lipinski definition) is 0. The van der Waals surface area contributed by atoms with E-state index in [1.165, 1.54) is 0 Å². The van der Waals surface area contributed by atoms with Crippen LogP contribution in [0.4, 0.5) is 13.2 Å². The van der Waals surface area contributed by atoms with Crippen molar-refractivity contribution in [3.63, 3.8) is 0 Å². The molecule has 1 saturated heterocycles. The van der Waals surface area contributed by atoms with Crippen molar-refractivity contribution in [2.75, 3.05) is 6.61 Å². The highest BCUT2D eigenvalue weighted by Gasteiger charge is 2.58. The fourth-order valence-electron chi connectivity index (χ4n) is 2.43. The monoisotopic (exact) mass is 480 g/mol. The fourth-order valence-corrected chi connectivity index (χ4v) is 3.04. The SMILES string of the molecule is CC(=O)OCC1O[C@H](OC(C)=O)C(OS(=O)(=O)C(F)(F)F)C(OC(C)=O)[C@@H]1OC(C)=O. The minimum Gasteiger partial charge on any atom is -0.463 e. The summed E-state index contributed by atoms with van der Waals surface area (Å²) >= 11 is 0. The van der Waals surface area contributed by atoms with Crippen LogP contribution in [0.25, 0.3) is 0 Å². The number of alkyl halides is 3. The highest BCUT2D eigenvalue weighted by atomic mass is 32.2. The molecule has 0 saturated carbocycles. The third-order valence-corrected chi connectivity index (χ3v) is 4.49. The van der Waals surface area contributed by atoms with Crippen LogP contribution in [-0.2, 0) is 57.2 Å². The average molecular weight is 480 g/mol. The van der Waals surface area contributed by atoms with E-state index < -0.39 is 76.8 Å². The molecule has 1 aliphatic rings. The van der Waals surface area contributed by atoms with Crippen LogP contribution in [0.2, 0.25) is 0 Å². The van der Waals surface area contributed by atoms with E-state index >= 15 is 0 Å². The first-order valence-corrected chi connectivity index (χ1v) is 9.76. The van der Waals surface area contributed by atoms with Gasteiger partial charge in [0, 0.05) is 27.7 Å². The molecule has 0 spiro atoms. The van der Waals surface area contributed by atoms with Gasteiger partial charge in [-0.2, -0.15) is 21.6 Å². The van der Waals surface area contributed by atoms with Crippen LogP contribution in [0.15, 0.2) is 0 Å². The van der Waals surface area contributed by atoms with E-state index in [0.717, 1.165) is 27.7 Å². The van der Waals surface area contributed by atoms with E-state index in [1.54, 1.807) is 0 Å². The second kappa shape index (κ2) is 10.2. The number of carbonyl (C=O) groups is 4. The summed E-state index contributed by atoms with van der Waals surface area (Å²) in [6.07, 6.45) is -10.0. The smallest absolute Gasteiger partial charge is 0.463 e. The number of esters is 4. The molecule has 3 unspecified atom stereocenters. The Morgan fingerprint density at radius 1 is 0.806 bits per heavy atom. The molecule has 0 radical (unpaired) electrons. The van der Waals surface area contributed by atoms with Gasteiger partial charge in [0.2, 0.25) is 6.29 Å². The van der Waals surface area contributed by atoms with Gasteiger partial charge in [-0.05, 0) is 0 Å². The summed E-state index contributed by atoms with van der Waals surface area (Å²) in [5.41, 5.74) is -5.90. The van der Waals surface area contributed by atoms with Crippen LogP contribution in [0.3, 0.4) is 0 Å². The zero-order valence-electron chi connectivity index (χ0n) is 16.5. The summed E-state index contributed by atoms with van der Waals surface area (Å²) < 4.78 is 90.1. The number of halogens is 3. The highest BCUT2D eigenvalue weighted by Crippen LogP contribution is 2.34. The summed E-state index contributed by atoms with van der Waals surface area (Å²) in [4.78, 5) is 45.5. The van der Waals surface area contributed by atoms with E-state index in [4.69, 9.17) is 18.9 Å². The van der Waals surface area contributed by atoms with Crippen molar-refractivity contribution in [3.05, 3.63) is 0 Å². The molecule has 1 aliphatic heterocycles. The molecule has 0 aromatic carbocycles. The summed E-state index contributed by atoms with van der Waals surface area (Å²) in [5.74, 6) is -4.16. The maximum atomic E-state index is 12.8. The number of hydrogen-bond acceptors (Lipinski definition) is 12. The minimum atomic E-state index is -6.32. The maximum absolute atomic E-state index is 12.8. The molecule has 1 heterocycles. The van der Waals surface area contributed by atoms with Gasteiger partial charge in [-0.1, -0.05) is 0 Å². The first-order chi connectivity index (χ1) is 14.0. The molecule has 0 aromatic rings. The quantitative estimate of drug-likeness (QED) is 0.207. The van der Waals surface area contributed by atoms with Crippen LogP contribution in [0.1, 0.15) is 27.7 Å². The van der Waals surface area contributed by atoms with Crippen molar-refractivity contribution < 1.29 is 68.6 Å². The number of ether oxygens (including phenoxy) is 5. The lowest BCUT2D eigenvalue weighted by molar-refractivity contribution is -0.292. The summed E-state index contributed by atoms with van der Waals surface area (Å²) in [6, 6.07) is 0. The van der Waals surface area contributed by atoms with Gasteiger partial charge in [-0.3, -0.25) is 19.2 Å². The van der Waals surface area contributed by atoms with Crippen molar-refractivity contribution in [2.45, 2.75) is 63.9 Å². The van der Waals surface area contributed by atoms with Gasteiger partial charge in [0.25, 0.3) is 0 Å². The Labute approximate surface area is 174 Å². The van der Waals surface area contributed by atoms with Gasteiger partial charge in [-0.25, -0.2) is 4.18 Å². The Hall–Kier alpha value is -2.46. The van der Waals surface area contributed by atoms with Crippen LogP contribution >= 0.6 is 0 Å². The summed E-state index contributed by atoms with van der Waals surface area (Å²) in [6.45, 7) is 2.82. The number of rotatable bonds is 7. The van der Waals surface area contributed by atoms with Crippen LogP contribution < -0.4 is 0 Å².